The van der Waals surface area contributed by atoms with E-state index in [0.717, 1.165) is 4.90 Å². The van der Waals surface area contributed by atoms with Crippen LogP contribution in [0.3, 0.4) is 0 Å². The molecule has 2 saturated heterocycles. The number of benzene rings is 2. The van der Waals surface area contributed by atoms with Crippen LogP contribution in [-0.2, 0) is 70.1 Å². The molecule has 2 heterocycles. The van der Waals surface area contributed by atoms with Crippen molar-refractivity contribution in [1.82, 2.24) is 19.6 Å². The van der Waals surface area contributed by atoms with Crippen LogP contribution in [0.4, 0.5) is 0 Å². The van der Waals surface area contributed by atoms with Crippen molar-refractivity contribution in [3.05, 3.63) is 71.8 Å². The quantitative estimate of drug-likeness (QED) is 0.184. The fourth-order valence-corrected chi connectivity index (χ4v) is 8.83. The predicted molar refractivity (Wildman–Crippen MR) is 258 cm³/mol. The van der Waals surface area contributed by atoms with Gasteiger partial charge in [0.25, 0.3) is 23.6 Å². The number of esters is 4. The molecule has 4 amide bonds. The number of cyclic esters (lactones) is 3. The molecule has 69 heavy (non-hydrogen) atoms. The summed E-state index contributed by atoms with van der Waals surface area (Å²) in [5.74, 6) is -6.79. The fraction of sp³-hybridized carbons (Fsp3) is 0.623. The van der Waals surface area contributed by atoms with Crippen LogP contribution in [0.1, 0.15) is 112 Å². The molecule has 0 saturated carbocycles. The summed E-state index contributed by atoms with van der Waals surface area (Å²) in [5, 5.41) is 0. The molecule has 2 bridgehead atoms. The van der Waals surface area contributed by atoms with E-state index in [1.165, 1.54) is 42.8 Å². The largest absolute Gasteiger partial charge is 0.451 e. The van der Waals surface area contributed by atoms with Gasteiger partial charge in [0, 0.05) is 40.5 Å². The van der Waals surface area contributed by atoms with E-state index in [0.29, 0.717) is 17.5 Å². The van der Waals surface area contributed by atoms with Gasteiger partial charge in [-0.3, -0.25) is 19.2 Å². The first-order valence-corrected chi connectivity index (χ1v) is 24.5. The molecule has 8 atom stereocenters. The molecule has 2 aromatic carbocycles. The van der Waals surface area contributed by atoms with Crippen LogP contribution in [0.5, 0.6) is 0 Å². The van der Waals surface area contributed by atoms with E-state index in [9.17, 15) is 38.4 Å². The van der Waals surface area contributed by atoms with Gasteiger partial charge in [-0.15, -0.1) is 0 Å². The van der Waals surface area contributed by atoms with E-state index in [4.69, 9.17) is 18.9 Å². The van der Waals surface area contributed by atoms with Gasteiger partial charge in [0.2, 0.25) is 0 Å². The van der Waals surface area contributed by atoms with E-state index >= 15 is 0 Å². The first-order valence-electron chi connectivity index (χ1n) is 24.5. The third-order valence-electron chi connectivity index (χ3n) is 12.6. The minimum Gasteiger partial charge on any atom is -0.451 e. The monoisotopic (exact) mass is 961 g/mol. The molecule has 0 spiro atoms. The second-order valence-electron chi connectivity index (χ2n) is 20.3. The molecule has 16 heteroatoms. The Bertz CT molecular complexity index is 2080. The molecule has 2 aliphatic rings. The number of carbonyl (C=O) groups is 8. The highest BCUT2D eigenvalue weighted by molar-refractivity contribution is 5.94. The summed E-state index contributed by atoms with van der Waals surface area (Å²) in [6.45, 7) is 16.5. The summed E-state index contributed by atoms with van der Waals surface area (Å²) in [4.78, 5) is 121. The maximum atomic E-state index is 14.7. The van der Waals surface area contributed by atoms with E-state index in [-0.39, 0.29) is 75.2 Å². The molecule has 2 fully saturated rings. The zero-order valence-corrected chi connectivity index (χ0v) is 42.8. The third kappa shape index (κ3) is 15.6. The first kappa shape index (κ1) is 55.8. The molecule has 0 unspecified atom stereocenters. The Morgan fingerprint density at radius 3 is 1.22 bits per heavy atom. The van der Waals surface area contributed by atoms with Gasteiger partial charge in [0.1, 0.15) is 24.2 Å². The first-order chi connectivity index (χ1) is 32.5. The zero-order valence-electron chi connectivity index (χ0n) is 42.8. The van der Waals surface area contributed by atoms with Gasteiger partial charge < -0.3 is 38.5 Å². The van der Waals surface area contributed by atoms with Crippen molar-refractivity contribution in [2.45, 2.75) is 162 Å². The Kier molecular flexibility index (Phi) is 20.8. The van der Waals surface area contributed by atoms with Gasteiger partial charge in [-0.2, -0.15) is 0 Å². The predicted octanol–water partition coefficient (Wildman–Crippen LogP) is 5.81. The lowest BCUT2D eigenvalue weighted by Gasteiger charge is -2.39. The van der Waals surface area contributed by atoms with E-state index in [2.05, 4.69) is 0 Å². The normalized spacial score (nSPS) is 25.8. The molecule has 0 radical (unpaired) electrons. The summed E-state index contributed by atoms with van der Waals surface area (Å²) in [5.41, 5.74) is 1.32. The molecule has 2 aromatic rings. The standard InChI is InChI=1S/C53H76N4O12/c1-32(2)26-39-50(62)66-36(9)46(58)54(10)40(27-33(3)4)52(64)68-44(30-37-20-15-13-16-21-37)47(59)56(12)41(28-34(5)6)51(63)67-43-24-19-25-57(49(43)61)42(29-35(7)8)53(65)69-45(48(60)55(39)11)31-38-22-17-14-18-23-38/h13-18,20-23,32-36,39-45H,19,24-31H2,1-12H3/t36-,39+,40+,41-,42-,43+,44-,45+/m0/s1. The number of hydrogen-bond donors (Lipinski definition) is 0. The second kappa shape index (κ2) is 25.7. The van der Waals surface area contributed by atoms with Crippen molar-refractivity contribution in [2.75, 3.05) is 27.7 Å². The van der Waals surface area contributed by atoms with Crippen LogP contribution >= 0.6 is 0 Å². The number of ether oxygens (including phenoxy) is 4. The van der Waals surface area contributed by atoms with Crippen molar-refractivity contribution in [2.24, 2.45) is 23.7 Å². The number of nitrogens with zero attached hydrogens (tertiary/aromatic N) is 4. The number of amides is 4. The smallest absolute Gasteiger partial charge is 0.329 e. The van der Waals surface area contributed by atoms with Gasteiger partial charge in [-0.1, -0.05) is 116 Å². The summed E-state index contributed by atoms with van der Waals surface area (Å²) < 4.78 is 24.1. The molecule has 0 aromatic heterocycles. The Labute approximate surface area is 408 Å². The van der Waals surface area contributed by atoms with Crippen LogP contribution < -0.4 is 0 Å². The minimum absolute atomic E-state index is 0.0650. The maximum Gasteiger partial charge on any atom is 0.329 e. The Morgan fingerprint density at radius 2 is 0.812 bits per heavy atom. The average Bonchev–Trinajstić information content (AvgIpc) is 3.29. The zero-order chi connectivity index (χ0) is 51.3. The van der Waals surface area contributed by atoms with Gasteiger partial charge in [0.15, 0.2) is 24.4 Å². The maximum absolute atomic E-state index is 14.7. The van der Waals surface area contributed by atoms with Crippen LogP contribution in [0.15, 0.2) is 60.7 Å². The highest BCUT2D eigenvalue weighted by Gasteiger charge is 2.45. The molecule has 16 nitrogen and oxygen atoms in total. The summed E-state index contributed by atoms with van der Waals surface area (Å²) in [6.07, 6.45) is -4.76. The van der Waals surface area contributed by atoms with E-state index in [1.54, 1.807) is 60.7 Å². The van der Waals surface area contributed by atoms with Gasteiger partial charge in [-0.25, -0.2) is 19.2 Å². The molecule has 2 aliphatic heterocycles. The van der Waals surface area contributed by atoms with Crippen molar-refractivity contribution in [3.63, 3.8) is 0 Å². The second-order valence-corrected chi connectivity index (χ2v) is 20.3. The Morgan fingerprint density at radius 1 is 0.464 bits per heavy atom. The SMILES string of the molecule is CC(C)C[C@@H]1C(=O)O[C@@H](Cc2ccccc2)C(=O)N(C)[C@@H](CC(C)C)C(=O)O[C@@H]2CCCN(C2=O)[C@@H](CC(C)C)C(=O)O[C@H](Cc2ccccc2)C(=O)N(C)[C@H](CC(C)C)C(=O)O[C@@H](C)C(=O)N1C. The lowest BCUT2D eigenvalue weighted by Crippen LogP contribution is -2.57. The van der Waals surface area contributed by atoms with E-state index < -0.39 is 96.1 Å². The number of hydrogen-bond acceptors (Lipinski definition) is 12. The van der Waals surface area contributed by atoms with Crippen LogP contribution in [-0.4, -0.2) is 143 Å². The summed E-state index contributed by atoms with van der Waals surface area (Å²) in [6, 6.07) is 13.0. The van der Waals surface area contributed by atoms with Crippen molar-refractivity contribution in [3.8, 4) is 0 Å². The Balaban J connectivity index is 1.87. The number of likely N-dealkylation sites (N-methyl/N-ethyl adjacent to an activating group) is 3. The number of piperidine rings is 1. The van der Waals surface area contributed by atoms with Crippen LogP contribution in [0.25, 0.3) is 0 Å². The summed E-state index contributed by atoms with van der Waals surface area (Å²) >= 11 is 0. The van der Waals surface area contributed by atoms with E-state index in [1.807, 2.05) is 55.4 Å². The number of carbonyl (C=O) groups excluding carboxylic acids is 8. The topological polar surface area (TPSA) is 186 Å². The van der Waals surface area contributed by atoms with Crippen LogP contribution in [0, 0.1) is 23.7 Å². The molecule has 0 N–H and O–H groups in total. The highest BCUT2D eigenvalue weighted by Crippen LogP contribution is 2.27. The number of rotatable bonds is 12. The molecule has 0 aliphatic carbocycles. The molecule has 380 valence electrons. The van der Waals surface area contributed by atoms with Crippen molar-refractivity contribution in [1.29, 1.82) is 0 Å². The molecular formula is C53H76N4O12. The Hall–Kier alpha value is -5.80. The molecule has 4 rings (SSSR count). The van der Waals surface area contributed by atoms with Crippen LogP contribution in [0.2, 0.25) is 0 Å². The van der Waals surface area contributed by atoms with Crippen molar-refractivity contribution < 1.29 is 57.3 Å². The fourth-order valence-electron chi connectivity index (χ4n) is 8.83. The lowest BCUT2D eigenvalue weighted by molar-refractivity contribution is -0.178. The number of fused-ring (bicyclic) bond motifs is 2. The van der Waals surface area contributed by atoms with Gasteiger partial charge in [-0.05, 0) is 80.2 Å². The average molecular weight is 961 g/mol. The highest BCUT2D eigenvalue weighted by atomic mass is 16.6. The summed E-state index contributed by atoms with van der Waals surface area (Å²) in [7, 11) is 4.23. The van der Waals surface area contributed by atoms with Gasteiger partial charge in [0.05, 0.1) is 0 Å². The minimum atomic E-state index is -1.46. The van der Waals surface area contributed by atoms with Crippen molar-refractivity contribution >= 4 is 47.5 Å². The van der Waals surface area contributed by atoms with Gasteiger partial charge >= 0.3 is 23.9 Å². The third-order valence-corrected chi connectivity index (χ3v) is 12.6. The molecular weight excluding hydrogens is 885 g/mol. The lowest BCUT2D eigenvalue weighted by atomic mass is 9.97.